The molecule has 0 bridgehead atoms. The third-order valence-corrected chi connectivity index (χ3v) is 4.63. The number of nitrogens with one attached hydrogen (secondary N) is 1. The van der Waals surface area contributed by atoms with E-state index in [1.165, 1.54) is 0 Å². The molecule has 112 valence electrons. The molecular weight excluding hydrogens is 441 g/mol. The molecule has 0 heterocycles. The van der Waals surface area contributed by atoms with E-state index in [9.17, 15) is 0 Å². The minimum atomic E-state index is -0.0743. The molecule has 2 rings (SSSR count). The van der Waals surface area contributed by atoms with Gasteiger partial charge in [-0.15, -0.1) is 0 Å². The van der Waals surface area contributed by atoms with Crippen LogP contribution in [0.2, 0.25) is 10.0 Å². The fourth-order valence-corrected chi connectivity index (χ4v) is 4.01. The summed E-state index contributed by atoms with van der Waals surface area (Å²) in [7, 11) is 3.45. The van der Waals surface area contributed by atoms with E-state index in [1.54, 1.807) is 13.2 Å². The molecular formula is C15H13Br2Cl2NO. The molecule has 0 aliphatic heterocycles. The Balaban J connectivity index is 2.53. The van der Waals surface area contributed by atoms with E-state index in [0.717, 1.165) is 20.1 Å². The lowest BCUT2D eigenvalue weighted by molar-refractivity contribution is 0.415. The Labute approximate surface area is 151 Å². The molecule has 0 saturated carbocycles. The van der Waals surface area contributed by atoms with Crippen LogP contribution in [0.1, 0.15) is 17.2 Å². The fraction of sp³-hybridized carbons (Fsp3) is 0.200. The van der Waals surface area contributed by atoms with Gasteiger partial charge in [0.05, 0.1) is 18.2 Å². The van der Waals surface area contributed by atoms with Crippen molar-refractivity contribution in [3.63, 3.8) is 0 Å². The third-order valence-electron chi connectivity index (χ3n) is 3.09. The van der Waals surface area contributed by atoms with Crippen molar-refractivity contribution in [1.82, 2.24) is 5.32 Å². The van der Waals surface area contributed by atoms with Gasteiger partial charge in [0.1, 0.15) is 5.75 Å². The van der Waals surface area contributed by atoms with Gasteiger partial charge in [-0.2, -0.15) is 0 Å². The summed E-state index contributed by atoms with van der Waals surface area (Å²) in [5.74, 6) is 0.565. The summed E-state index contributed by atoms with van der Waals surface area (Å²) in [5.41, 5.74) is 1.97. The molecule has 1 atom stereocenters. The zero-order valence-corrected chi connectivity index (χ0v) is 16.1. The molecule has 2 aromatic rings. The van der Waals surface area contributed by atoms with E-state index in [0.29, 0.717) is 15.8 Å². The second kappa shape index (κ2) is 7.34. The van der Waals surface area contributed by atoms with Crippen LogP contribution in [0.15, 0.2) is 39.3 Å². The summed E-state index contributed by atoms with van der Waals surface area (Å²) >= 11 is 19.6. The first-order chi connectivity index (χ1) is 9.96. The number of rotatable bonds is 4. The number of halogens is 4. The van der Waals surface area contributed by atoms with Gasteiger partial charge in [-0.1, -0.05) is 55.1 Å². The van der Waals surface area contributed by atoms with Gasteiger partial charge in [0, 0.05) is 20.0 Å². The molecule has 1 N–H and O–H groups in total. The number of ether oxygens (including phenoxy) is 1. The highest BCUT2D eigenvalue weighted by Crippen LogP contribution is 2.37. The van der Waals surface area contributed by atoms with Crippen LogP contribution in [0, 0.1) is 0 Å². The minimum absolute atomic E-state index is 0.0743. The maximum atomic E-state index is 6.38. The third kappa shape index (κ3) is 3.93. The standard InChI is InChI=1S/C15H13Br2Cl2NO/c1-20-15(8-3-9(16)5-10(17)4-8)11-6-13(19)14(21-2)7-12(11)18/h3-7,15,20H,1-2H3. The molecule has 0 aliphatic carbocycles. The summed E-state index contributed by atoms with van der Waals surface area (Å²) in [6, 6.07) is 9.56. The van der Waals surface area contributed by atoms with Crippen molar-refractivity contribution in [2.75, 3.05) is 14.2 Å². The molecule has 2 nitrogen and oxygen atoms in total. The van der Waals surface area contributed by atoms with Crippen LogP contribution in [0.5, 0.6) is 5.75 Å². The van der Waals surface area contributed by atoms with Crippen LogP contribution in [-0.2, 0) is 0 Å². The van der Waals surface area contributed by atoms with Gasteiger partial charge >= 0.3 is 0 Å². The lowest BCUT2D eigenvalue weighted by atomic mass is 9.98. The monoisotopic (exact) mass is 451 g/mol. The van der Waals surface area contributed by atoms with Gasteiger partial charge in [-0.25, -0.2) is 0 Å². The van der Waals surface area contributed by atoms with Crippen molar-refractivity contribution >= 4 is 55.1 Å². The highest BCUT2D eigenvalue weighted by atomic mass is 79.9. The number of benzene rings is 2. The van der Waals surface area contributed by atoms with Crippen LogP contribution < -0.4 is 10.1 Å². The molecule has 0 aliphatic rings. The van der Waals surface area contributed by atoms with E-state index in [4.69, 9.17) is 27.9 Å². The molecule has 0 spiro atoms. The second-order valence-corrected chi connectivity index (χ2v) is 7.08. The molecule has 0 amide bonds. The number of methoxy groups -OCH3 is 1. The first kappa shape index (κ1) is 17.1. The van der Waals surface area contributed by atoms with Crippen molar-refractivity contribution in [3.05, 3.63) is 60.4 Å². The van der Waals surface area contributed by atoms with Gasteiger partial charge in [-0.05, 0) is 42.4 Å². The van der Waals surface area contributed by atoms with E-state index in [1.807, 2.05) is 31.3 Å². The number of hydrogen-bond donors (Lipinski definition) is 1. The van der Waals surface area contributed by atoms with Gasteiger partial charge < -0.3 is 10.1 Å². The first-order valence-corrected chi connectivity index (χ1v) is 8.46. The van der Waals surface area contributed by atoms with Crippen LogP contribution in [0.3, 0.4) is 0 Å². The van der Waals surface area contributed by atoms with Crippen LogP contribution in [-0.4, -0.2) is 14.2 Å². The summed E-state index contributed by atoms with van der Waals surface area (Å²) in [5, 5.41) is 4.41. The number of hydrogen-bond acceptors (Lipinski definition) is 2. The Morgan fingerprint density at radius 3 is 2.14 bits per heavy atom. The molecule has 6 heteroatoms. The van der Waals surface area contributed by atoms with Crippen LogP contribution >= 0.6 is 55.1 Å². The fourth-order valence-electron chi connectivity index (χ4n) is 2.17. The predicted molar refractivity (Wildman–Crippen MR) is 95.8 cm³/mol. The zero-order chi connectivity index (χ0) is 15.6. The van der Waals surface area contributed by atoms with Crippen LogP contribution in [0.25, 0.3) is 0 Å². The van der Waals surface area contributed by atoms with E-state index >= 15 is 0 Å². The van der Waals surface area contributed by atoms with Crippen molar-refractivity contribution < 1.29 is 4.74 Å². The smallest absolute Gasteiger partial charge is 0.138 e. The highest BCUT2D eigenvalue weighted by Gasteiger charge is 2.18. The Kier molecular flexibility index (Phi) is 5.97. The quantitative estimate of drug-likeness (QED) is 0.628. The Bertz CT molecular complexity index is 644. The normalized spacial score (nSPS) is 12.3. The van der Waals surface area contributed by atoms with E-state index in [-0.39, 0.29) is 6.04 Å². The second-order valence-electron chi connectivity index (χ2n) is 4.43. The van der Waals surface area contributed by atoms with Gasteiger partial charge in [0.2, 0.25) is 0 Å². The molecule has 0 fully saturated rings. The summed E-state index contributed by atoms with van der Waals surface area (Å²) in [6.07, 6.45) is 0. The molecule has 1 unspecified atom stereocenters. The predicted octanol–water partition coefficient (Wildman–Crippen LogP) is 5.84. The first-order valence-electron chi connectivity index (χ1n) is 6.12. The van der Waals surface area contributed by atoms with Crippen molar-refractivity contribution in [1.29, 1.82) is 0 Å². The molecule has 0 radical (unpaired) electrons. The summed E-state index contributed by atoms with van der Waals surface area (Å²) in [4.78, 5) is 0. The lowest BCUT2D eigenvalue weighted by Gasteiger charge is -2.20. The zero-order valence-electron chi connectivity index (χ0n) is 11.4. The SMILES string of the molecule is CNC(c1cc(Br)cc(Br)c1)c1cc(Cl)c(OC)cc1Cl. The molecule has 0 aromatic heterocycles. The maximum Gasteiger partial charge on any atom is 0.138 e. The topological polar surface area (TPSA) is 21.3 Å². The van der Waals surface area contributed by atoms with Crippen LogP contribution in [0.4, 0.5) is 0 Å². The molecule has 0 saturated heterocycles. The minimum Gasteiger partial charge on any atom is -0.495 e. The van der Waals surface area contributed by atoms with Gasteiger partial charge in [0.25, 0.3) is 0 Å². The van der Waals surface area contributed by atoms with Crippen molar-refractivity contribution in [2.45, 2.75) is 6.04 Å². The molecule has 21 heavy (non-hydrogen) atoms. The summed E-state index contributed by atoms with van der Waals surface area (Å²) in [6.45, 7) is 0. The van der Waals surface area contributed by atoms with Crippen molar-refractivity contribution in [2.24, 2.45) is 0 Å². The Hall–Kier alpha value is -0.260. The van der Waals surface area contributed by atoms with Gasteiger partial charge in [0.15, 0.2) is 0 Å². The van der Waals surface area contributed by atoms with Crippen molar-refractivity contribution in [3.8, 4) is 5.75 Å². The largest absolute Gasteiger partial charge is 0.495 e. The Morgan fingerprint density at radius 1 is 1.00 bits per heavy atom. The van der Waals surface area contributed by atoms with E-state index in [2.05, 4.69) is 37.2 Å². The van der Waals surface area contributed by atoms with E-state index < -0.39 is 0 Å². The average Bonchev–Trinajstić information content (AvgIpc) is 2.42. The Morgan fingerprint density at radius 2 is 1.62 bits per heavy atom. The molecule has 2 aromatic carbocycles. The lowest BCUT2D eigenvalue weighted by Crippen LogP contribution is -2.18. The van der Waals surface area contributed by atoms with Gasteiger partial charge in [-0.3, -0.25) is 0 Å². The average molecular weight is 454 g/mol. The highest BCUT2D eigenvalue weighted by molar-refractivity contribution is 9.11. The summed E-state index contributed by atoms with van der Waals surface area (Å²) < 4.78 is 7.16. The maximum absolute atomic E-state index is 6.38.